The second-order valence-electron chi connectivity index (χ2n) is 6.57. The first-order valence-electron chi connectivity index (χ1n) is 8.90. The molecule has 0 bridgehead atoms. The third-order valence-corrected chi connectivity index (χ3v) is 4.80. The number of halogens is 1. The van der Waals surface area contributed by atoms with Gasteiger partial charge in [-0.2, -0.15) is 0 Å². The molecule has 0 radical (unpaired) electrons. The van der Waals surface area contributed by atoms with Crippen LogP contribution >= 0.6 is 15.9 Å². The summed E-state index contributed by atoms with van der Waals surface area (Å²) in [7, 11) is 2.04. The summed E-state index contributed by atoms with van der Waals surface area (Å²) < 4.78 is 1.02. The van der Waals surface area contributed by atoms with Crippen LogP contribution in [0.2, 0.25) is 0 Å². The molecule has 3 aromatic rings. The molecule has 0 spiro atoms. The summed E-state index contributed by atoms with van der Waals surface area (Å²) in [5.74, 6) is 0.0680. The van der Waals surface area contributed by atoms with Crippen molar-refractivity contribution in [1.29, 1.82) is 0 Å². The van der Waals surface area contributed by atoms with Crippen LogP contribution in [-0.2, 0) is 6.54 Å². The number of likely N-dealkylation sites (N-methyl/N-ethyl adjacent to an activating group) is 1. The summed E-state index contributed by atoms with van der Waals surface area (Å²) in [5.41, 5.74) is 3.75. The van der Waals surface area contributed by atoms with Gasteiger partial charge in [0.15, 0.2) is 5.78 Å². The molecule has 27 heavy (non-hydrogen) atoms. The van der Waals surface area contributed by atoms with E-state index in [9.17, 15) is 4.79 Å². The average molecular weight is 420 g/mol. The fraction of sp³-hybridized carbons (Fsp3) is 0.125. The average Bonchev–Trinajstić information content (AvgIpc) is 2.70. The molecule has 0 aliphatic rings. The molecule has 0 atom stereocenters. The van der Waals surface area contributed by atoms with Gasteiger partial charge in [-0.1, -0.05) is 88.7 Å². The first-order valence-corrected chi connectivity index (χ1v) is 9.69. The Labute approximate surface area is 169 Å². The highest BCUT2D eigenvalue weighted by molar-refractivity contribution is 9.10. The van der Waals surface area contributed by atoms with Gasteiger partial charge in [-0.15, -0.1) is 0 Å². The van der Waals surface area contributed by atoms with E-state index in [1.165, 1.54) is 5.56 Å². The van der Waals surface area contributed by atoms with Crippen LogP contribution in [0.25, 0.3) is 6.08 Å². The zero-order chi connectivity index (χ0) is 19.1. The lowest BCUT2D eigenvalue weighted by Gasteiger charge is -2.19. The predicted molar refractivity (Wildman–Crippen MR) is 116 cm³/mol. The smallest absolute Gasteiger partial charge is 0.190 e. The van der Waals surface area contributed by atoms with Crippen LogP contribution in [0.3, 0.4) is 0 Å². The second kappa shape index (κ2) is 9.45. The molecule has 0 amide bonds. The first kappa shape index (κ1) is 19.3. The topological polar surface area (TPSA) is 20.3 Å². The molecule has 0 heterocycles. The highest BCUT2D eigenvalue weighted by atomic mass is 79.9. The highest BCUT2D eigenvalue weighted by Gasteiger charge is 2.14. The van der Waals surface area contributed by atoms with Crippen LogP contribution in [0.5, 0.6) is 0 Å². The quantitative estimate of drug-likeness (QED) is 0.353. The lowest BCUT2D eigenvalue weighted by atomic mass is 10.0. The van der Waals surface area contributed by atoms with Crippen LogP contribution in [-0.4, -0.2) is 24.3 Å². The molecule has 2 nitrogen and oxygen atoms in total. The SMILES string of the molecule is CN(C/C(=C\c1ccc(Br)cc1)C(=O)c1ccccc1)Cc1ccccc1. The molecule has 0 aliphatic carbocycles. The third kappa shape index (κ3) is 5.75. The van der Waals surface area contributed by atoms with Crippen molar-refractivity contribution in [3.63, 3.8) is 0 Å². The summed E-state index contributed by atoms with van der Waals surface area (Å²) in [5, 5.41) is 0. The number of hydrogen-bond donors (Lipinski definition) is 0. The maximum Gasteiger partial charge on any atom is 0.190 e. The lowest BCUT2D eigenvalue weighted by Crippen LogP contribution is -2.24. The Kier molecular flexibility index (Phi) is 6.74. The van der Waals surface area contributed by atoms with Gasteiger partial charge in [0.05, 0.1) is 0 Å². The molecule has 3 rings (SSSR count). The Hall–Kier alpha value is -2.49. The number of carbonyl (C=O) groups excluding carboxylic acids is 1. The Balaban J connectivity index is 1.85. The van der Waals surface area contributed by atoms with Crippen LogP contribution < -0.4 is 0 Å². The van der Waals surface area contributed by atoms with E-state index >= 15 is 0 Å². The lowest BCUT2D eigenvalue weighted by molar-refractivity contribution is 0.102. The molecule has 0 saturated carbocycles. The van der Waals surface area contributed by atoms with E-state index in [0.717, 1.165) is 22.2 Å². The van der Waals surface area contributed by atoms with E-state index in [0.29, 0.717) is 12.1 Å². The minimum Gasteiger partial charge on any atom is -0.298 e. The van der Waals surface area contributed by atoms with Gasteiger partial charge < -0.3 is 0 Å². The van der Waals surface area contributed by atoms with Crippen molar-refractivity contribution in [3.8, 4) is 0 Å². The zero-order valence-electron chi connectivity index (χ0n) is 15.3. The van der Waals surface area contributed by atoms with Crippen molar-refractivity contribution in [2.45, 2.75) is 6.54 Å². The minimum absolute atomic E-state index is 0.0680. The minimum atomic E-state index is 0.0680. The van der Waals surface area contributed by atoms with Gasteiger partial charge in [-0.25, -0.2) is 0 Å². The van der Waals surface area contributed by atoms with E-state index in [-0.39, 0.29) is 5.78 Å². The normalized spacial score (nSPS) is 11.6. The molecule has 0 N–H and O–H groups in total. The second-order valence-corrected chi connectivity index (χ2v) is 7.49. The molecule has 3 heteroatoms. The van der Waals surface area contributed by atoms with E-state index in [1.54, 1.807) is 0 Å². The van der Waals surface area contributed by atoms with Crippen molar-refractivity contribution in [1.82, 2.24) is 4.90 Å². The summed E-state index contributed by atoms with van der Waals surface area (Å²) in [6.07, 6.45) is 1.99. The Morgan fingerprint density at radius 3 is 2.11 bits per heavy atom. The monoisotopic (exact) mass is 419 g/mol. The zero-order valence-corrected chi connectivity index (χ0v) is 16.9. The van der Waals surface area contributed by atoms with Gasteiger partial charge in [-0.3, -0.25) is 9.69 Å². The number of Topliss-reactive ketones (excluding diaryl/α,β-unsaturated/α-hetero) is 1. The first-order chi connectivity index (χ1) is 13.1. The standard InChI is InChI=1S/C24H22BrNO/c1-26(17-20-8-4-2-5-9-20)18-22(16-19-12-14-23(25)15-13-19)24(27)21-10-6-3-7-11-21/h2-16H,17-18H2,1H3/b22-16+. The number of nitrogens with zero attached hydrogens (tertiary/aromatic N) is 1. The Morgan fingerprint density at radius 2 is 1.48 bits per heavy atom. The molecule has 0 fully saturated rings. The van der Waals surface area contributed by atoms with E-state index in [1.807, 2.05) is 85.9 Å². The van der Waals surface area contributed by atoms with E-state index in [2.05, 4.69) is 33.0 Å². The Bertz CT molecular complexity index is 902. The van der Waals surface area contributed by atoms with Gasteiger partial charge in [0.25, 0.3) is 0 Å². The maximum atomic E-state index is 13.1. The van der Waals surface area contributed by atoms with Gasteiger partial charge in [-0.05, 0) is 36.4 Å². The summed E-state index contributed by atoms with van der Waals surface area (Å²) in [6.45, 7) is 1.37. The van der Waals surface area contributed by atoms with Crippen molar-refractivity contribution in [3.05, 3.63) is 112 Å². The fourth-order valence-corrected chi connectivity index (χ4v) is 3.22. The van der Waals surface area contributed by atoms with Crippen LogP contribution in [0.1, 0.15) is 21.5 Å². The molecule has 3 aromatic carbocycles. The van der Waals surface area contributed by atoms with Crippen molar-refractivity contribution < 1.29 is 4.79 Å². The molecular weight excluding hydrogens is 398 g/mol. The van der Waals surface area contributed by atoms with Crippen molar-refractivity contribution in [2.24, 2.45) is 0 Å². The van der Waals surface area contributed by atoms with Gasteiger partial charge >= 0.3 is 0 Å². The van der Waals surface area contributed by atoms with Crippen LogP contribution in [0, 0.1) is 0 Å². The van der Waals surface area contributed by atoms with E-state index in [4.69, 9.17) is 0 Å². The third-order valence-electron chi connectivity index (χ3n) is 4.27. The Morgan fingerprint density at radius 1 is 0.889 bits per heavy atom. The number of rotatable bonds is 7. The van der Waals surface area contributed by atoms with Gasteiger partial charge in [0.2, 0.25) is 0 Å². The molecule has 0 aromatic heterocycles. The van der Waals surface area contributed by atoms with Crippen molar-refractivity contribution >= 4 is 27.8 Å². The van der Waals surface area contributed by atoms with E-state index < -0.39 is 0 Å². The number of benzene rings is 3. The van der Waals surface area contributed by atoms with Gasteiger partial charge in [0.1, 0.15) is 0 Å². The highest BCUT2D eigenvalue weighted by Crippen LogP contribution is 2.17. The predicted octanol–water partition coefficient (Wildman–Crippen LogP) is 5.85. The molecule has 0 unspecified atom stereocenters. The molecular formula is C24H22BrNO. The fourth-order valence-electron chi connectivity index (χ4n) is 2.96. The largest absolute Gasteiger partial charge is 0.298 e. The molecule has 136 valence electrons. The van der Waals surface area contributed by atoms with Crippen LogP contribution in [0.15, 0.2) is 95.0 Å². The van der Waals surface area contributed by atoms with Crippen molar-refractivity contribution in [2.75, 3.05) is 13.6 Å². The van der Waals surface area contributed by atoms with Crippen LogP contribution in [0.4, 0.5) is 0 Å². The summed E-state index contributed by atoms with van der Waals surface area (Å²) >= 11 is 3.46. The van der Waals surface area contributed by atoms with Gasteiger partial charge in [0, 0.05) is 28.7 Å². The molecule has 0 aliphatic heterocycles. The number of carbonyl (C=O) groups is 1. The summed E-state index contributed by atoms with van der Waals surface area (Å²) in [6, 6.07) is 27.8. The summed E-state index contributed by atoms with van der Waals surface area (Å²) in [4.78, 5) is 15.3. The number of hydrogen-bond acceptors (Lipinski definition) is 2. The molecule has 0 saturated heterocycles. The number of ketones is 1. The maximum absolute atomic E-state index is 13.1.